The topological polar surface area (TPSA) is 71.0 Å². The average Bonchev–Trinajstić information content (AvgIpc) is 4.16. The maximum absolute atomic E-state index is 7.65. The highest BCUT2D eigenvalue weighted by atomic mass is 16.5. The molecule has 0 unspecified atom stereocenters. The second-order valence-electron chi connectivity index (χ2n) is 17.0. The van der Waals surface area contributed by atoms with E-state index in [9.17, 15) is 0 Å². The molecule has 0 radical (unpaired) electrons. The van der Waals surface area contributed by atoms with Crippen LogP contribution in [0.3, 0.4) is 0 Å². The number of fused-ring (bicyclic) bond motifs is 20. The van der Waals surface area contributed by atoms with E-state index in [4.69, 9.17) is 27.1 Å². The van der Waals surface area contributed by atoms with Crippen molar-refractivity contribution in [2.24, 2.45) is 0 Å². The van der Waals surface area contributed by atoms with E-state index < -0.39 is 10.8 Å². The molecule has 0 fully saturated rings. The molecule has 0 saturated carbocycles. The van der Waals surface area contributed by atoms with Gasteiger partial charge in [0.15, 0.2) is 0 Å². The number of benzene rings is 8. The molecule has 1 aliphatic carbocycles. The SMILES string of the molecule is c1ccc2c(c1)Oc1ccccc1C21c2cc(-c3ccc4c(c3)oc3ccccc34)oc2C2(c3ccccc3Oc3ccccc32)c2cc(-c3ccc4c(c3)oc3ccccc34)oc21. The first-order chi connectivity index (χ1) is 31.7. The molecule has 8 aromatic carbocycles. The maximum Gasteiger partial charge on any atom is 0.136 e. The minimum absolute atomic E-state index is 0.703. The number of hydrogen-bond acceptors (Lipinski definition) is 6. The van der Waals surface area contributed by atoms with Gasteiger partial charge in [-0.15, -0.1) is 0 Å². The molecule has 0 N–H and O–H groups in total. The highest BCUT2D eigenvalue weighted by Crippen LogP contribution is 2.68. The number of rotatable bonds is 2. The van der Waals surface area contributed by atoms with Gasteiger partial charge in [0.2, 0.25) is 0 Å². The van der Waals surface area contributed by atoms with Gasteiger partial charge in [-0.1, -0.05) is 121 Å². The van der Waals surface area contributed by atoms with Gasteiger partial charge in [-0.25, -0.2) is 0 Å². The van der Waals surface area contributed by atoms with Crippen molar-refractivity contribution in [1.82, 2.24) is 0 Å². The molecular formula is C58H32O6. The molecule has 3 aliphatic rings. The van der Waals surface area contributed by atoms with Crippen molar-refractivity contribution >= 4 is 43.9 Å². The van der Waals surface area contributed by atoms with E-state index in [-0.39, 0.29) is 0 Å². The number of hydrogen-bond donors (Lipinski definition) is 0. The van der Waals surface area contributed by atoms with Crippen LogP contribution in [0.4, 0.5) is 0 Å². The molecule has 0 atom stereocenters. The minimum atomic E-state index is -1.03. The molecular weight excluding hydrogens is 793 g/mol. The van der Waals surface area contributed by atoms with Gasteiger partial charge in [-0.05, 0) is 72.8 Å². The number of furan rings is 4. The number of para-hydroxylation sites is 6. The summed E-state index contributed by atoms with van der Waals surface area (Å²) in [5.41, 5.74) is 8.70. The molecule has 12 aromatic rings. The molecule has 4 aromatic heterocycles. The van der Waals surface area contributed by atoms with Crippen molar-refractivity contribution in [1.29, 1.82) is 0 Å². The summed E-state index contributed by atoms with van der Waals surface area (Å²) in [6, 6.07) is 66.8. The second kappa shape index (κ2) is 12.1. The Bertz CT molecular complexity index is 3550. The van der Waals surface area contributed by atoms with Gasteiger partial charge >= 0.3 is 0 Å². The third-order valence-electron chi connectivity index (χ3n) is 13.9. The fourth-order valence-electron chi connectivity index (χ4n) is 11.2. The van der Waals surface area contributed by atoms with Crippen LogP contribution < -0.4 is 9.47 Å². The van der Waals surface area contributed by atoms with Crippen molar-refractivity contribution in [3.05, 3.63) is 239 Å². The first kappa shape index (κ1) is 34.1. The molecule has 6 nitrogen and oxygen atoms in total. The molecule has 0 amide bonds. The van der Waals surface area contributed by atoms with Crippen molar-refractivity contribution < 1.29 is 27.1 Å². The summed E-state index contributed by atoms with van der Waals surface area (Å²) in [7, 11) is 0. The van der Waals surface area contributed by atoms with Crippen LogP contribution >= 0.6 is 0 Å². The second-order valence-corrected chi connectivity index (χ2v) is 17.0. The van der Waals surface area contributed by atoms with E-state index in [1.54, 1.807) is 0 Å². The Morgan fingerprint density at radius 3 is 1.02 bits per heavy atom. The van der Waals surface area contributed by atoms with E-state index in [0.29, 0.717) is 11.5 Å². The molecule has 2 spiro atoms. The fraction of sp³-hybridized carbons (Fsp3) is 0.0345. The molecule has 6 heteroatoms. The fourth-order valence-corrected chi connectivity index (χ4v) is 11.2. The van der Waals surface area contributed by atoms with Crippen LogP contribution in [0.5, 0.6) is 23.0 Å². The third kappa shape index (κ3) is 4.20. The summed E-state index contributed by atoms with van der Waals surface area (Å²) >= 11 is 0. The van der Waals surface area contributed by atoms with E-state index in [0.717, 1.165) is 123 Å². The van der Waals surface area contributed by atoms with Crippen molar-refractivity contribution in [3.8, 4) is 45.6 Å². The summed E-state index contributed by atoms with van der Waals surface area (Å²) in [5, 5.41) is 4.25. The lowest BCUT2D eigenvalue weighted by molar-refractivity contribution is 0.353. The smallest absolute Gasteiger partial charge is 0.136 e. The third-order valence-corrected chi connectivity index (χ3v) is 13.9. The summed E-state index contributed by atoms with van der Waals surface area (Å²) in [6.07, 6.45) is 0. The van der Waals surface area contributed by atoms with Crippen LogP contribution in [0.1, 0.15) is 44.9 Å². The van der Waals surface area contributed by atoms with E-state index in [1.165, 1.54) is 0 Å². The molecule has 6 heterocycles. The Morgan fingerprint density at radius 1 is 0.266 bits per heavy atom. The Balaban J connectivity index is 1.10. The Labute approximate surface area is 365 Å². The molecule has 64 heavy (non-hydrogen) atoms. The Morgan fingerprint density at radius 2 is 0.609 bits per heavy atom. The lowest BCUT2D eigenvalue weighted by Gasteiger charge is -2.48. The Kier molecular flexibility index (Phi) is 6.47. The van der Waals surface area contributed by atoms with Gasteiger partial charge in [0.05, 0.1) is 0 Å². The van der Waals surface area contributed by atoms with Gasteiger partial charge in [-0.2, -0.15) is 0 Å². The van der Waals surface area contributed by atoms with E-state index >= 15 is 0 Å². The van der Waals surface area contributed by atoms with Crippen LogP contribution in [0.15, 0.2) is 212 Å². The normalized spacial score (nSPS) is 14.8. The van der Waals surface area contributed by atoms with Crippen LogP contribution in [0.25, 0.3) is 66.5 Å². The zero-order valence-corrected chi connectivity index (χ0v) is 33.9. The Hall–Kier alpha value is -8.48. The van der Waals surface area contributed by atoms with Gasteiger partial charge in [0.25, 0.3) is 0 Å². The molecule has 0 bridgehead atoms. The largest absolute Gasteiger partial charge is 0.459 e. The minimum Gasteiger partial charge on any atom is -0.459 e. The number of ether oxygens (including phenoxy) is 2. The van der Waals surface area contributed by atoms with Crippen LogP contribution in [0, 0.1) is 0 Å². The summed E-state index contributed by atoms with van der Waals surface area (Å²) in [5.74, 6) is 5.93. The predicted octanol–water partition coefficient (Wildman–Crippen LogP) is 15.3. The van der Waals surface area contributed by atoms with Crippen molar-refractivity contribution in [2.45, 2.75) is 10.8 Å². The first-order valence-corrected chi connectivity index (χ1v) is 21.5. The molecule has 300 valence electrons. The predicted molar refractivity (Wildman–Crippen MR) is 247 cm³/mol. The van der Waals surface area contributed by atoms with Gasteiger partial charge in [0.1, 0.15) is 79.2 Å². The van der Waals surface area contributed by atoms with Crippen molar-refractivity contribution in [2.75, 3.05) is 0 Å². The average molecular weight is 825 g/mol. The van der Waals surface area contributed by atoms with Gasteiger partial charge < -0.3 is 27.1 Å². The van der Waals surface area contributed by atoms with E-state index in [2.05, 4.69) is 109 Å². The quantitative estimate of drug-likeness (QED) is 0.173. The van der Waals surface area contributed by atoms with Gasteiger partial charge in [-0.3, -0.25) is 0 Å². The standard InChI is InChI=1S/C58H32O6/c1-7-19-45-35(13-1)37-27-25-33(29-53(37)59-45)51-31-43-55(63-51)58(41-17-5-11-23-49(41)62-50-24-12-6-18-42(50)58)44-32-52(34-26-28-38-36-14-2-8-20-46(36)60-54(38)30-34)64-56(44)57(43)39-15-3-9-21-47(39)61-48-22-10-4-16-40(48)57/h1-32H. The highest BCUT2D eigenvalue weighted by Gasteiger charge is 2.63. The monoisotopic (exact) mass is 824 g/mol. The lowest BCUT2D eigenvalue weighted by Crippen LogP contribution is -2.46. The maximum atomic E-state index is 7.65. The summed E-state index contributed by atoms with van der Waals surface area (Å²) in [4.78, 5) is 0. The highest BCUT2D eigenvalue weighted by molar-refractivity contribution is 6.07. The zero-order valence-electron chi connectivity index (χ0n) is 33.9. The molecule has 2 aliphatic heterocycles. The summed E-state index contributed by atoms with van der Waals surface area (Å²) in [6.45, 7) is 0. The summed E-state index contributed by atoms with van der Waals surface area (Å²) < 4.78 is 41.8. The van der Waals surface area contributed by atoms with Gasteiger partial charge in [0, 0.05) is 66.1 Å². The molecule has 0 saturated heterocycles. The first-order valence-electron chi connectivity index (χ1n) is 21.5. The molecule has 15 rings (SSSR count). The van der Waals surface area contributed by atoms with Crippen molar-refractivity contribution in [3.63, 3.8) is 0 Å². The van der Waals surface area contributed by atoms with E-state index in [1.807, 2.05) is 84.9 Å². The van der Waals surface area contributed by atoms with Crippen LogP contribution in [-0.4, -0.2) is 0 Å². The zero-order chi connectivity index (χ0) is 41.7. The lowest BCUT2D eigenvalue weighted by atomic mass is 9.53. The van der Waals surface area contributed by atoms with Crippen LogP contribution in [0.2, 0.25) is 0 Å². The van der Waals surface area contributed by atoms with Crippen LogP contribution in [-0.2, 0) is 10.8 Å².